The van der Waals surface area contributed by atoms with E-state index in [-0.39, 0.29) is 5.44 Å². The molecule has 0 N–H and O–H groups in total. The summed E-state index contributed by atoms with van der Waals surface area (Å²) in [7, 11) is -2.65. The minimum Gasteiger partial charge on any atom is -0.256 e. The van der Waals surface area contributed by atoms with Crippen molar-refractivity contribution in [1.82, 2.24) is 4.98 Å². The van der Waals surface area contributed by atoms with E-state index in [4.69, 9.17) is 0 Å². The summed E-state index contributed by atoms with van der Waals surface area (Å²) in [5, 5.41) is -1.78. The molecule has 0 amide bonds. The van der Waals surface area contributed by atoms with Gasteiger partial charge in [-0.15, -0.1) is 0 Å². The Morgan fingerprint density at radius 1 is 0.600 bits per heavy atom. The van der Waals surface area contributed by atoms with Gasteiger partial charge >= 0.3 is 0 Å². The van der Waals surface area contributed by atoms with Gasteiger partial charge in [-0.2, -0.15) is 0 Å². The quantitative estimate of drug-likeness (QED) is 0.389. The normalized spacial score (nSPS) is 11.2. The molecule has 1 heterocycles. The lowest BCUT2D eigenvalue weighted by Gasteiger charge is -2.20. The van der Waals surface area contributed by atoms with Crippen LogP contribution in [0.4, 0.5) is 26.3 Å². The molecule has 3 aromatic rings. The van der Waals surface area contributed by atoms with Crippen LogP contribution in [-0.4, -0.2) is 4.98 Å². The highest BCUT2D eigenvalue weighted by atomic mass is 31.1. The zero-order valence-electron chi connectivity index (χ0n) is 12.3. The minimum absolute atomic E-state index is 0.107. The van der Waals surface area contributed by atoms with Crippen LogP contribution >= 0.6 is 7.92 Å². The molecule has 8 heteroatoms. The number of hydrogen-bond acceptors (Lipinski definition) is 1. The van der Waals surface area contributed by atoms with Crippen molar-refractivity contribution in [1.29, 1.82) is 0 Å². The van der Waals surface area contributed by atoms with Crippen molar-refractivity contribution < 1.29 is 26.3 Å². The Morgan fingerprint density at radius 2 is 1.08 bits per heavy atom. The van der Waals surface area contributed by atoms with Crippen molar-refractivity contribution in [3.05, 3.63) is 83.6 Å². The van der Waals surface area contributed by atoms with Crippen LogP contribution in [0.2, 0.25) is 0 Å². The van der Waals surface area contributed by atoms with Gasteiger partial charge in [0.2, 0.25) is 0 Å². The molecule has 0 spiro atoms. The van der Waals surface area contributed by atoms with Crippen molar-refractivity contribution in [2.24, 2.45) is 0 Å². The lowest BCUT2D eigenvalue weighted by atomic mass is 10.3. The topological polar surface area (TPSA) is 12.9 Å². The molecule has 0 aliphatic carbocycles. The van der Waals surface area contributed by atoms with Gasteiger partial charge in [0.15, 0.2) is 23.3 Å². The first-order chi connectivity index (χ1) is 11.9. The summed E-state index contributed by atoms with van der Waals surface area (Å²) in [5.74, 6) is -8.40. The molecule has 0 aliphatic heterocycles. The average molecular weight is 371 g/mol. The summed E-state index contributed by atoms with van der Waals surface area (Å²) >= 11 is 0. The van der Waals surface area contributed by atoms with Gasteiger partial charge in [-0.05, 0) is 36.4 Å². The second-order valence-corrected chi connectivity index (χ2v) is 6.93. The van der Waals surface area contributed by atoms with Crippen LogP contribution in [0.5, 0.6) is 0 Å². The van der Waals surface area contributed by atoms with Crippen LogP contribution in [0.1, 0.15) is 0 Å². The molecule has 0 atom stereocenters. The third-order valence-corrected chi connectivity index (χ3v) is 5.80. The van der Waals surface area contributed by atoms with Crippen LogP contribution in [0.15, 0.2) is 48.7 Å². The molecule has 0 radical (unpaired) electrons. The van der Waals surface area contributed by atoms with E-state index in [2.05, 4.69) is 4.98 Å². The maximum atomic E-state index is 14.3. The largest absolute Gasteiger partial charge is 0.256 e. The van der Waals surface area contributed by atoms with Gasteiger partial charge < -0.3 is 0 Å². The molecule has 3 rings (SSSR count). The number of benzene rings is 2. The molecule has 1 nitrogen and oxygen atoms in total. The number of halogens is 6. The standard InChI is InChI=1S/C17H8F6NP/c18-9-4-6-11(20)16(14(9)22)25(13-3-1-2-8-24-13)17-12(21)7-5-10(19)15(17)23/h1-8H. The number of aromatic nitrogens is 1. The molecule has 0 bridgehead atoms. The highest BCUT2D eigenvalue weighted by Crippen LogP contribution is 2.37. The van der Waals surface area contributed by atoms with Gasteiger partial charge in [0.1, 0.15) is 11.6 Å². The fraction of sp³-hybridized carbons (Fsp3) is 0. The van der Waals surface area contributed by atoms with Crippen LogP contribution in [-0.2, 0) is 0 Å². The summed E-state index contributed by atoms with van der Waals surface area (Å²) in [6.07, 6.45) is 1.24. The van der Waals surface area contributed by atoms with Gasteiger partial charge in [-0.25, -0.2) is 26.3 Å². The molecule has 0 aliphatic rings. The molecule has 25 heavy (non-hydrogen) atoms. The zero-order chi connectivity index (χ0) is 18.1. The molecule has 0 fully saturated rings. The van der Waals surface area contributed by atoms with Crippen LogP contribution in [0.25, 0.3) is 0 Å². The highest BCUT2D eigenvalue weighted by molar-refractivity contribution is 7.79. The fourth-order valence-electron chi connectivity index (χ4n) is 2.27. The smallest absolute Gasteiger partial charge is 0.170 e. The van der Waals surface area contributed by atoms with Crippen molar-refractivity contribution in [2.45, 2.75) is 0 Å². The maximum Gasteiger partial charge on any atom is 0.170 e. The lowest BCUT2D eigenvalue weighted by molar-refractivity contribution is 0.501. The molecule has 1 aromatic heterocycles. The van der Waals surface area contributed by atoms with Gasteiger partial charge in [-0.1, -0.05) is 6.07 Å². The number of rotatable bonds is 3. The summed E-state index contributed by atoms with van der Waals surface area (Å²) in [6.45, 7) is 0. The molecule has 0 saturated carbocycles. The fourth-order valence-corrected chi connectivity index (χ4v) is 4.55. The molecular weight excluding hydrogens is 363 g/mol. The van der Waals surface area contributed by atoms with Crippen LogP contribution < -0.4 is 16.0 Å². The monoisotopic (exact) mass is 371 g/mol. The Balaban J connectivity index is 2.39. The van der Waals surface area contributed by atoms with Crippen LogP contribution in [0.3, 0.4) is 0 Å². The van der Waals surface area contributed by atoms with E-state index in [1.54, 1.807) is 0 Å². The molecule has 0 unspecified atom stereocenters. The number of hydrogen-bond donors (Lipinski definition) is 0. The second-order valence-electron chi connectivity index (χ2n) is 4.91. The van der Waals surface area contributed by atoms with E-state index in [1.165, 1.54) is 24.4 Å². The lowest BCUT2D eigenvalue weighted by Crippen LogP contribution is -2.31. The Labute approximate surface area is 139 Å². The van der Waals surface area contributed by atoms with E-state index >= 15 is 0 Å². The zero-order valence-corrected chi connectivity index (χ0v) is 13.2. The van der Waals surface area contributed by atoms with E-state index in [0.29, 0.717) is 24.3 Å². The second kappa shape index (κ2) is 6.84. The Kier molecular flexibility index (Phi) is 4.77. The van der Waals surface area contributed by atoms with Gasteiger partial charge in [-0.3, -0.25) is 4.98 Å². The molecule has 0 saturated heterocycles. The van der Waals surface area contributed by atoms with Crippen molar-refractivity contribution >= 4 is 24.0 Å². The molecule has 2 aromatic carbocycles. The highest BCUT2D eigenvalue weighted by Gasteiger charge is 2.32. The van der Waals surface area contributed by atoms with E-state index in [1.807, 2.05) is 0 Å². The number of nitrogens with zero attached hydrogens (tertiary/aromatic N) is 1. The van der Waals surface area contributed by atoms with Gasteiger partial charge in [0.05, 0.1) is 16.0 Å². The Bertz CT molecular complexity index is 875. The summed E-state index contributed by atoms with van der Waals surface area (Å²) < 4.78 is 84.3. The third kappa shape index (κ3) is 3.12. The molecular formula is C17H8F6NP. The maximum absolute atomic E-state index is 14.3. The molecule has 128 valence electrons. The van der Waals surface area contributed by atoms with Gasteiger partial charge in [0.25, 0.3) is 0 Å². The van der Waals surface area contributed by atoms with E-state index < -0.39 is 53.4 Å². The first kappa shape index (κ1) is 17.4. The first-order valence-corrected chi connectivity index (χ1v) is 8.24. The predicted octanol–water partition coefficient (Wildman–Crippen LogP) is 3.67. The minimum atomic E-state index is -2.65. The first-order valence-electron chi connectivity index (χ1n) is 6.90. The predicted molar refractivity (Wildman–Crippen MR) is 82.7 cm³/mol. The van der Waals surface area contributed by atoms with Crippen molar-refractivity contribution in [3.8, 4) is 0 Å². The van der Waals surface area contributed by atoms with Crippen molar-refractivity contribution in [2.75, 3.05) is 0 Å². The third-order valence-electron chi connectivity index (χ3n) is 3.37. The Morgan fingerprint density at radius 3 is 1.52 bits per heavy atom. The van der Waals surface area contributed by atoms with Gasteiger partial charge in [0, 0.05) is 14.1 Å². The van der Waals surface area contributed by atoms with Crippen LogP contribution in [0, 0.1) is 34.9 Å². The summed E-state index contributed by atoms with van der Waals surface area (Å²) in [5.41, 5.74) is -0.107. The summed E-state index contributed by atoms with van der Waals surface area (Å²) in [6, 6.07) is 6.58. The van der Waals surface area contributed by atoms with E-state index in [9.17, 15) is 26.3 Å². The van der Waals surface area contributed by atoms with E-state index in [0.717, 1.165) is 0 Å². The summed E-state index contributed by atoms with van der Waals surface area (Å²) in [4.78, 5) is 3.87. The SMILES string of the molecule is Fc1ccc(F)c(P(c2ccccn2)c2c(F)ccc(F)c2F)c1F. The Hall–Kier alpha value is -2.40. The van der Waals surface area contributed by atoms with Crippen molar-refractivity contribution in [3.63, 3.8) is 0 Å². The average Bonchev–Trinajstić information content (AvgIpc) is 2.61. The number of pyridine rings is 1.